The van der Waals surface area contributed by atoms with Crippen molar-refractivity contribution in [1.82, 2.24) is 19.9 Å². The van der Waals surface area contributed by atoms with Crippen LogP contribution in [0.25, 0.3) is 5.69 Å². The van der Waals surface area contributed by atoms with Crippen molar-refractivity contribution in [3.8, 4) is 5.69 Å². The zero-order valence-corrected chi connectivity index (χ0v) is 16.7. The zero-order valence-electron chi connectivity index (χ0n) is 15.1. The lowest BCUT2D eigenvalue weighted by molar-refractivity contribution is -0.122. The van der Waals surface area contributed by atoms with Crippen LogP contribution in [0.2, 0.25) is 0 Å². The summed E-state index contributed by atoms with van der Waals surface area (Å²) in [4.78, 5) is 26.1. The van der Waals surface area contributed by atoms with E-state index >= 15 is 0 Å². The molecule has 1 heterocycles. The number of nitrogens with two attached hydrogens (primary N) is 1. The molecule has 1 unspecified atom stereocenters. The molecule has 0 aliphatic rings. The monoisotopic (exact) mass is 445 g/mol. The molecule has 0 bridgehead atoms. The molecule has 28 heavy (non-hydrogen) atoms. The van der Waals surface area contributed by atoms with Gasteiger partial charge in [-0.2, -0.15) is 0 Å². The third-order valence-corrected chi connectivity index (χ3v) is 4.78. The van der Waals surface area contributed by atoms with E-state index in [1.165, 1.54) is 36.0 Å². The van der Waals surface area contributed by atoms with Gasteiger partial charge in [0.15, 0.2) is 5.69 Å². The molecule has 0 saturated heterocycles. The maximum absolute atomic E-state index is 13.6. The fourth-order valence-electron chi connectivity index (χ4n) is 2.92. The molecule has 2 N–H and O–H groups in total. The summed E-state index contributed by atoms with van der Waals surface area (Å²) in [7, 11) is 1.42. The van der Waals surface area contributed by atoms with Crippen LogP contribution >= 0.6 is 15.9 Å². The molecule has 1 atom stereocenters. The van der Waals surface area contributed by atoms with E-state index in [-0.39, 0.29) is 11.3 Å². The van der Waals surface area contributed by atoms with Gasteiger partial charge in [0, 0.05) is 11.5 Å². The second kappa shape index (κ2) is 7.89. The Morgan fingerprint density at radius 3 is 2.57 bits per heavy atom. The van der Waals surface area contributed by atoms with Crippen molar-refractivity contribution in [1.29, 1.82) is 0 Å². The Hall–Kier alpha value is -3.07. The molecule has 0 radical (unpaired) electrons. The maximum atomic E-state index is 13.6. The third-order valence-electron chi connectivity index (χ3n) is 4.29. The van der Waals surface area contributed by atoms with E-state index in [0.717, 1.165) is 15.1 Å². The Balaban J connectivity index is 1.96. The highest BCUT2D eigenvalue weighted by Gasteiger charge is 2.30. The van der Waals surface area contributed by atoms with Crippen LogP contribution in [0.5, 0.6) is 0 Å². The predicted octanol–water partition coefficient (Wildman–Crippen LogP) is 2.78. The van der Waals surface area contributed by atoms with Crippen LogP contribution in [0, 0.1) is 12.7 Å². The average Bonchev–Trinajstić information content (AvgIpc) is 3.02. The van der Waals surface area contributed by atoms with Crippen molar-refractivity contribution in [3.05, 3.63) is 75.8 Å². The summed E-state index contributed by atoms with van der Waals surface area (Å²) in [6.45, 7) is 1.70. The van der Waals surface area contributed by atoms with Crippen LogP contribution < -0.4 is 5.73 Å². The number of nitrogens with zero attached hydrogens (tertiary/aromatic N) is 4. The summed E-state index contributed by atoms with van der Waals surface area (Å²) in [6.07, 6.45) is 0. The highest BCUT2D eigenvalue weighted by atomic mass is 79.9. The van der Waals surface area contributed by atoms with E-state index in [1.807, 2.05) is 24.3 Å². The molecule has 0 aliphatic carbocycles. The van der Waals surface area contributed by atoms with E-state index < -0.39 is 23.7 Å². The first-order valence-electron chi connectivity index (χ1n) is 8.29. The van der Waals surface area contributed by atoms with Gasteiger partial charge in [0.2, 0.25) is 5.91 Å². The first-order chi connectivity index (χ1) is 13.3. The second-order valence-electron chi connectivity index (χ2n) is 6.19. The molecular weight excluding hydrogens is 429 g/mol. The Morgan fingerprint density at radius 2 is 1.93 bits per heavy atom. The zero-order chi connectivity index (χ0) is 20.4. The summed E-state index contributed by atoms with van der Waals surface area (Å²) < 4.78 is 16.0. The van der Waals surface area contributed by atoms with Crippen LogP contribution in [0.15, 0.2) is 53.0 Å². The molecule has 9 heteroatoms. The Labute approximate surface area is 169 Å². The van der Waals surface area contributed by atoms with Crippen molar-refractivity contribution in [2.45, 2.75) is 13.0 Å². The first kappa shape index (κ1) is 19.7. The average molecular weight is 446 g/mol. The molecule has 7 nitrogen and oxygen atoms in total. The van der Waals surface area contributed by atoms with Gasteiger partial charge in [-0.25, -0.2) is 9.07 Å². The minimum Gasteiger partial charge on any atom is -0.368 e. The molecular formula is C19H17BrFN5O2. The van der Waals surface area contributed by atoms with E-state index in [2.05, 4.69) is 26.2 Å². The number of carbonyl (C=O) groups excluding carboxylic acids is 2. The van der Waals surface area contributed by atoms with E-state index in [4.69, 9.17) is 5.73 Å². The van der Waals surface area contributed by atoms with Gasteiger partial charge in [-0.3, -0.25) is 9.59 Å². The SMILES string of the molecule is Cc1c(C(=O)N(C)C(C(N)=O)c2cccc(F)c2)nnn1-c1cccc(Br)c1. The Morgan fingerprint density at radius 1 is 1.21 bits per heavy atom. The molecule has 0 fully saturated rings. The minimum atomic E-state index is -1.14. The highest BCUT2D eigenvalue weighted by Crippen LogP contribution is 2.23. The standard InChI is InChI=1S/C19H17BrFN5O2/c1-11-16(23-24-26(11)15-8-4-6-13(20)10-15)19(28)25(2)17(18(22)27)12-5-3-7-14(21)9-12/h3-10,17H,1-2H3,(H2,22,27). The molecule has 0 spiro atoms. The van der Waals surface area contributed by atoms with Crippen molar-refractivity contribution >= 4 is 27.7 Å². The van der Waals surface area contributed by atoms with Gasteiger partial charge in [-0.1, -0.05) is 39.3 Å². The molecule has 144 valence electrons. The fraction of sp³-hybridized carbons (Fsp3) is 0.158. The lowest BCUT2D eigenvalue weighted by Gasteiger charge is -2.25. The van der Waals surface area contributed by atoms with Gasteiger partial charge in [0.25, 0.3) is 5.91 Å². The van der Waals surface area contributed by atoms with Crippen LogP contribution in [-0.2, 0) is 4.79 Å². The number of rotatable bonds is 5. The number of benzene rings is 2. The highest BCUT2D eigenvalue weighted by molar-refractivity contribution is 9.10. The fourth-order valence-corrected chi connectivity index (χ4v) is 3.31. The molecule has 3 rings (SSSR count). The van der Waals surface area contributed by atoms with Crippen LogP contribution in [0.3, 0.4) is 0 Å². The topological polar surface area (TPSA) is 94.1 Å². The number of primary amides is 1. The van der Waals surface area contributed by atoms with Crippen LogP contribution in [0.1, 0.15) is 27.8 Å². The van der Waals surface area contributed by atoms with Gasteiger partial charge >= 0.3 is 0 Å². The molecule has 2 aromatic carbocycles. The summed E-state index contributed by atoms with van der Waals surface area (Å²) in [6, 6.07) is 11.6. The van der Waals surface area contributed by atoms with Crippen molar-refractivity contribution in [2.24, 2.45) is 5.73 Å². The molecule has 1 aromatic heterocycles. The van der Waals surface area contributed by atoms with Crippen molar-refractivity contribution in [2.75, 3.05) is 7.05 Å². The molecule has 3 aromatic rings. The van der Waals surface area contributed by atoms with Crippen molar-refractivity contribution < 1.29 is 14.0 Å². The summed E-state index contributed by atoms with van der Waals surface area (Å²) in [5.74, 6) is -1.85. The van der Waals surface area contributed by atoms with Gasteiger partial charge < -0.3 is 10.6 Å². The normalized spacial score (nSPS) is 11.9. The molecule has 2 amide bonds. The van der Waals surface area contributed by atoms with Crippen molar-refractivity contribution in [3.63, 3.8) is 0 Å². The maximum Gasteiger partial charge on any atom is 0.277 e. The summed E-state index contributed by atoms with van der Waals surface area (Å²) in [5.41, 5.74) is 7.05. The van der Waals surface area contributed by atoms with E-state index in [9.17, 15) is 14.0 Å². The van der Waals surface area contributed by atoms with Gasteiger partial charge in [0.1, 0.15) is 11.9 Å². The lowest BCUT2D eigenvalue weighted by atomic mass is 10.0. The number of hydrogen-bond acceptors (Lipinski definition) is 4. The summed E-state index contributed by atoms with van der Waals surface area (Å²) >= 11 is 3.39. The minimum absolute atomic E-state index is 0.0742. The number of amides is 2. The number of aromatic nitrogens is 3. The Kier molecular flexibility index (Phi) is 5.55. The van der Waals surface area contributed by atoms with Gasteiger partial charge in [-0.05, 0) is 42.8 Å². The van der Waals surface area contributed by atoms with Gasteiger partial charge in [0.05, 0.1) is 11.4 Å². The molecule has 0 saturated carbocycles. The number of hydrogen-bond donors (Lipinski definition) is 1. The quantitative estimate of drug-likeness (QED) is 0.652. The third kappa shape index (κ3) is 3.79. The number of halogens is 2. The lowest BCUT2D eigenvalue weighted by Crippen LogP contribution is -2.39. The second-order valence-corrected chi connectivity index (χ2v) is 7.11. The largest absolute Gasteiger partial charge is 0.368 e. The molecule has 0 aliphatic heterocycles. The number of carbonyl (C=O) groups is 2. The van der Waals surface area contributed by atoms with E-state index in [0.29, 0.717) is 5.69 Å². The van der Waals surface area contributed by atoms with Gasteiger partial charge in [-0.15, -0.1) is 5.10 Å². The van der Waals surface area contributed by atoms with Crippen LogP contribution in [0.4, 0.5) is 4.39 Å². The predicted molar refractivity (Wildman–Crippen MR) is 104 cm³/mol. The van der Waals surface area contributed by atoms with E-state index in [1.54, 1.807) is 6.92 Å². The smallest absolute Gasteiger partial charge is 0.277 e. The van der Waals surface area contributed by atoms with Crippen LogP contribution in [-0.4, -0.2) is 38.8 Å². The number of likely N-dealkylation sites (N-methyl/N-ethyl adjacent to an activating group) is 1. The Bertz CT molecular complexity index is 1050. The first-order valence-corrected chi connectivity index (χ1v) is 9.09. The summed E-state index contributed by atoms with van der Waals surface area (Å²) in [5, 5.41) is 8.02.